The monoisotopic (exact) mass is 249 g/mol. The van der Waals surface area contributed by atoms with Gasteiger partial charge in [0.25, 0.3) is 0 Å². The molecule has 0 saturated heterocycles. The van der Waals surface area contributed by atoms with Gasteiger partial charge in [-0.05, 0) is 32.4 Å². The molecule has 4 nitrogen and oxygen atoms in total. The van der Waals surface area contributed by atoms with Gasteiger partial charge in [0.05, 0.1) is 24.0 Å². The first-order chi connectivity index (χ1) is 8.63. The van der Waals surface area contributed by atoms with Crippen LogP contribution in [0.25, 0.3) is 0 Å². The highest BCUT2D eigenvalue weighted by Gasteiger charge is 2.24. The van der Waals surface area contributed by atoms with Crippen LogP contribution < -0.4 is 4.90 Å². The Kier molecular flexibility index (Phi) is 4.19. The summed E-state index contributed by atoms with van der Waals surface area (Å²) >= 11 is 0. The molecule has 0 saturated carbocycles. The van der Waals surface area contributed by atoms with E-state index in [4.69, 9.17) is 0 Å². The van der Waals surface area contributed by atoms with Gasteiger partial charge in [0.15, 0.2) is 0 Å². The standard InChI is InChI=1S/C14H23N3O/c1-11(2)17-8-6-12(10-18)16(3)14-5-4-7-15-13(14)9-17/h4-5,7,11-12,18H,6,8-10H2,1-3H3. The first-order valence-corrected chi connectivity index (χ1v) is 6.65. The van der Waals surface area contributed by atoms with Crippen LogP contribution in [0.2, 0.25) is 0 Å². The fraction of sp³-hybridized carbons (Fsp3) is 0.643. The zero-order valence-electron chi connectivity index (χ0n) is 11.5. The van der Waals surface area contributed by atoms with Crippen molar-refractivity contribution in [1.82, 2.24) is 9.88 Å². The second-order valence-electron chi connectivity index (χ2n) is 5.27. The summed E-state index contributed by atoms with van der Waals surface area (Å²) < 4.78 is 0. The van der Waals surface area contributed by atoms with Crippen LogP contribution >= 0.6 is 0 Å². The molecule has 1 aromatic heterocycles. The highest BCUT2D eigenvalue weighted by molar-refractivity contribution is 5.51. The van der Waals surface area contributed by atoms with E-state index in [1.165, 1.54) is 0 Å². The van der Waals surface area contributed by atoms with E-state index in [2.05, 4.69) is 34.7 Å². The predicted octanol–water partition coefficient (Wildman–Crippen LogP) is 1.49. The third-order valence-corrected chi connectivity index (χ3v) is 3.84. The summed E-state index contributed by atoms with van der Waals surface area (Å²) in [6.45, 7) is 6.50. The Morgan fingerprint density at radius 1 is 1.50 bits per heavy atom. The van der Waals surface area contributed by atoms with E-state index in [-0.39, 0.29) is 12.6 Å². The van der Waals surface area contributed by atoms with Gasteiger partial charge >= 0.3 is 0 Å². The maximum Gasteiger partial charge on any atom is 0.0776 e. The Labute approximate surface area is 109 Å². The molecule has 0 fully saturated rings. The number of aliphatic hydroxyl groups excluding tert-OH is 1. The minimum absolute atomic E-state index is 0.175. The fourth-order valence-corrected chi connectivity index (χ4v) is 2.50. The number of hydrogen-bond donors (Lipinski definition) is 1. The van der Waals surface area contributed by atoms with E-state index in [0.717, 1.165) is 30.9 Å². The molecule has 1 N–H and O–H groups in total. The molecule has 0 aliphatic carbocycles. The van der Waals surface area contributed by atoms with E-state index < -0.39 is 0 Å². The van der Waals surface area contributed by atoms with Gasteiger partial charge < -0.3 is 10.0 Å². The lowest BCUT2D eigenvalue weighted by Gasteiger charge is -2.37. The molecule has 4 heteroatoms. The highest BCUT2D eigenvalue weighted by Crippen LogP contribution is 2.25. The zero-order valence-corrected chi connectivity index (χ0v) is 11.5. The fourth-order valence-electron chi connectivity index (χ4n) is 2.50. The lowest BCUT2D eigenvalue weighted by Crippen LogP contribution is -2.43. The molecule has 0 spiro atoms. The molecule has 1 unspecified atom stereocenters. The summed E-state index contributed by atoms with van der Waals surface area (Å²) in [6.07, 6.45) is 2.83. The highest BCUT2D eigenvalue weighted by atomic mass is 16.3. The predicted molar refractivity (Wildman–Crippen MR) is 73.7 cm³/mol. The lowest BCUT2D eigenvalue weighted by molar-refractivity contribution is 0.179. The summed E-state index contributed by atoms with van der Waals surface area (Å²) in [7, 11) is 2.05. The van der Waals surface area contributed by atoms with Crippen LogP contribution in [-0.2, 0) is 6.54 Å². The molecule has 0 amide bonds. The van der Waals surface area contributed by atoms with Crippen LogP contribution in [0.1, 0.15) is 26.0 Å². The van der Waals surface area contributed by atoms with E-state index in [9.17, 15) is 5.11 Å². The summed E-state index contributed by atoms with van der Waals surface area (Å²) in [5.74, 6) is 0. The van der Waals surface area contributed by atoms with Gasteiger partial charge in [-0.15, -0.1) is 0 Å². The van der Waals surface area contributed by atoms with E-state index in [0.29, 0.717) is 6.04 Å². The maximum absolute atomic E-state index is 9.55. The van der Waals surface area contributed by atoms with Crippen molar-refractivity contribution in [2.24, 2.45) is 0 Å². The Bertz CT molecular complexity index is 394. The van der Waals surface area contributed by atoms with Crippen LogP contribution in [0, 0.1) is 0 Å². The van der Waals surface area contributed by atoms with Gasteiger partial charge in [-0.3, -0.25) is 9.88 Å². The number of rotatable bonds is 2. The average molecular weight is 249 g/mol. The molecular weight excluding hydrogens is 226 g/mol. The first-order valence-electron chi connectivity index (χ1n) is 6.65. The van der Waals surface area contributed by atoms with Crippen molar-refractivity contribution in [1.29, 1.82) is 0 Å². The molecule has 0 bridgehead atoms. The zero-order chi connectivity index (χ0) is 13.1. The Morgan fingerprint density at radius 3 is 2.94 bits per heavy atom. The average Bonchev–Trinajstić information content (AvgIpc) is 2.36. The Balaban J connectivity index is 2.34. The lowest BCUT2D eigenvalue weighted by atomic mass is 10.1. The second kappa shape index (κ2) is 5.67. The number of likely N-dealkylation sites (N-methyl/N-ethyl adjacent to an activating group) is 1. The summed E-state index contributed by atoms with van der Waals surface area (Å²) in [4.78, 5) is 9.09. The minimum atomic E-state index is 0.175. The molecule has 100 valence electrons. The van der Waals surface area contributed by atoms with Crippen molar-refractivity contribution in [3.63, 3.8) is 0 Å². The smallest absolute Gasteiger partial charge is 0.0776 e. The van der Waals surface area contributed by atoms with Crippen LogP contribution in [0.4, 0.5) is 5.69 Å². The van der Waals surface area contributed by atoms with Gasteiger partial charge in [0.1, 0.15) is 0 Å². The molecule has 0 radical (unpaired) electrons. The molecule has 1 aliphatic rings. The number of fused-ring (bicyclic) bond motifs is 1. The summed E-state index contributed by atoms with van der Waals surface area (Å²) in [6, 6.07) is 4.73. The van der Waals surface area contributed by atoms with Crippen molar-refractivity contribution in [2.75, 3.05) is 25.1 Å². The van der Waals surface area contributed by atoms with Crippen molar-refractivity contribution >= 4 is 5.69 Å². The molecule has 1 aliphatic heterocycles. The third kappa shape index (κ3) is 2.65. The summed E-state index contributed by atoms with van der Waals surface area (Å²) in [5.41, 5.74) is 2.24. The van der Waals surface area contributed by atoms with Gasteiger partial charge in [-0.2, -0.15) is 0 Å². The molecule has 1 aromatic rings. The maximum atomic E-state index is 9.55. The number of nitrogens with zero attached hydrogens (tertiary/aromatic N) is 3. The SMILES string of the molecule is CC(C)N1CCC(CO)N(C)c2cccnc2C1. The van der Waals surface area contributed by atoms with Gasteiger partial charge in [-0.25, -0.2) is 0 Å². The first kappa shape index (κ1) is 13.3. The van der Waals surface area contributed by atoms with Crippen LogP contribution in [0.5, 0.6) is 0 Å². The number of hydrogen-bond acceptors (Lipinski definition) is 4. The van der Waals surface area contributed by atoms with Gasteiger partial charge in [0, 0.05) is 32.4 Å². The van der Waals surface area contributed by atoms with Crippen LogP contribution in [0.15, 0.2) is 18.3 Å². The normalized spacial score (nSPS) is 21.6. The topological polar surface area (TPSA) is 39.6 Å². The summed E-state index contributed by atoms with van der Waals surface area (Å²) in [5, 5.41) is 9.55. The van der Waals surface area contributed by atoms with E-state index in [1.54, 1.807) is 0 Å². The minimum Gasteiger partial charge on any atom is -0.394 e. The molecule has 18 heavy (non-hydrogen) atoms. The molecule has 2 heterocycles. The second-order valence-corrected chi connectivity index (χ2v) is 5.27. The van der Waals surface area contributed by atoms with E-state index in [1.807, 2.05) is 19.3 Å². The molecule has 2 rings (SSSR count). The Morgan fingerprint density at radius 2 is 2.28 bits per heavy atom. The number of anilines is 1. The number of aromatic nitrogens is 1. The Hall–Kier alpha value is -1.13. The van der Waals surface area contributed by atoms with Crippen molar-refractivity contribution in [3.8, 4) is 0 Å². The van der Waals surface area contributed by atoms with Crippen molar-refractivity contribution in [3.05, 3.63) is 24.0 Å². The van der Waals surface area contributed by atoms with Gasteiger partial charge in [-0.1, -0.05) is 0 Å². The van der Waals surface area contributed by atoms with Crippen LogP contribution in [-0.4, -0.2) is 47.3 Å². The third-order valence-electron chi connectivity index (χ3n) is 3.84. The molecule has 1 atom stereocenters. The van der Waals surface area contributed by atoms with E-state index >= 15 is 0 Å². The number of aliphatic hydroxyl groups is 1. The molecular formula is C14H23N3O. The largest absolute Gasteiger partial charge is 0.394 e. The van der Waals surface area contributed by atoms with Crippen LogP contribution in [0.3, 0.4) is 0 Å². The van der Waals surface area contributed by atoms with Crippen molar-refractivity contribution in [2.45, 2.75) is 38.9 Å². The van der Waals surface area contributed by atoms with Gasteiger partial charge in [0.2, 0.25) is 0 Å². The number of pyridine rings is 1. The molecule has 0 aromatic carbocycles. The van der Waals surface area contributed by atoms with Crippen molar-refractivity contribution < 1.29 is 5.11 Å². The quantitative estimate of drug-likeness (QED) is 0.862.